The summed E-state index contributed by atoms with van der Waals surface area (Å²) in [6, 6.07) is 1.56. The lowest BCUT2D eigenvalue weighted by atomic mass is 9.86. The summed E-state index contributed by atoms with van der Waals surface area (Å²) in [6.07, 6.45) is 1.25. The first kappa shape index (κ1) is 15.5. The lowest BCUT2D eigenvalue weighted by Gasteiger charge is -2.46. The van der Waals surface area contributed by atoms with Crippen LogP contribution in [0.4, 0.5) is 0 Å². The average Bonchev–Trinajstić information content (AvgIpc) is 2.82. The molecule has 1 fully saturated rings. The fourth-order valence-electron chi connectivity index (χ4n) is 2.73. The second-order valence-electron chi connectivity index (χ2n) is 5.09. The normalized spacial score (nSPS) is 22.0. The van der Waals surface area contributed by atoms with Gasteiger partial charge >= 0.3 is 0 Å². The van der Waals surface area contributed by atoms with E-state index in [0.717, 1.165) is 9.35 Å². The molecule has 2 rings (SSSR count). The summed E-state index contributed by atoms with van der Waals surface area (Å²) in [5.41, 5.74) is -0.722. The second-order valence-corrected chi connectivity index (χ2v) is 7.00. The van der Waals surface area contributed by atoms with Gasteiger partial charge in [0.25, 0.3) is 0 Å². The molecule has 0 aromatic carbocycles. The number of hydrogen-bond donors (Lipinski definition) is 1. The molecule has 1 aromatic rings. The molecule has 1 aliphatic rings. The largest absolute Gasteiger partial charge is 0.343 e. The van der Waals surface area contributed by atoms with Gasteiger partial charge in [-0.2, -0.15) is 0 Å². The van der Waals surface area contributed by atoms with E-state index >= 15 is 0 Å². The van der Waals surface area contributed by atoms with Gasteiger partial charge in [0.05, 0.1) is 6.54 Å². The highest BCUT2D eigenvalue weighted by Crippen LogP contribution is 2.32. The summed E-state index contributed by atoms with van der Waals surface area (Å²) in [5.74, 6) is -0.0388. The fourth-order valence-corrected chi connectivity index (χ4v) is 4.17. The second kappa shape index (κ2) is 5.85. The Morgan fingerprint density at radius 2 is 2.05 bits per heavy atom. The molecule has 0 spiro atoms. The molecule has 110 valence electrons. The van der Waals surface area contributed by atoms with Gasteiger partial charge in [0.2, 0.25) is 11.8 Å². The molecule has 1 aromatic heterocycles. The Balaban J connectivity index is 2.36. The quantitative estimate of drug-likeness (QED) is 0.899. The van der Waals surface area contributed by atoms with Crippen LogP contribution in [0, 0.1) is 0 Å². The number of piperazine rings is 1. The smallest absolute Gasteiger partial charge is 0.246 e. The zero-order valence-electron chi connectivity index (χ0n) is 11.9. The van der Waals surface area contributed by atoms with Gasteiger partial charge in [0.15, 0.2) is 0 Å². The highest BCUT2D eigenvalue weighted by molar-refractivity contribution is 9.10. The van der Waals surface area contributed by atoms with E-state index in [1.54, 1.807) is 23.2 Å². The van der Waals surface area contributed by atoms with E-state index in [1.165, 1.54) is 0 Å². The topological polar surface area (TPSA) is 49.4 Å². The Morgan fingerprint density at radius 3 is 2.55 bits per heavy atom. The third kappa shape index (κ3) is 2.51. The number of nitrogens with one attached hydrogen (secondary N) is 1. The van der Waals surface area contributed by atoms with Gasteiger partial charge < -0.3 is 10.2 Å². The van der Waals surface area contributed by atoms with Crippen LogP contribution in [0.1, 0.15) is 38.5 Å². The molecule has 20 heavy (non-hydrogen) atoms. The molecule has 0 bridgehead atoms. The molecule has 2 heterocycles. The van der Waals surface area contributed by atoms with Crippen LogP contribution in [0.15, 0.2) is 15.9 Å². The predicted molar refractivity (Wildman–Crippen MR) is 83.5 cm³/mol. The van der Waals surface area contributed by atoms with Crippen molar-refractivity contribution in [2.24, 2.45) is 0 Å². The number of carbonyl (C=O) groups is 2. The van der Waals surface area contributed by atoms with Gasteiger partial charge in [-0.3, -0.25) is 9.59 Å². The zero-order valence-corrected chi connectivity index (χ0v) is 14.3. The summed E-state index contributed by atoms with van der Waals surface area (Å²) < 4.78 is 1.01. The molecule has 2 amide bonds. The summed E-state index contributed by atoms with van der Waals surface area (Å²) >= 11 is 5.02. The van der Waals surface area contributed by atoms with E-state index in [0.29, 0.717) is 19.4 Å². The Labute approximate surface area is 131 Å². The monoisotopic (exact) mass is 358 g/mol. The number of thiophene rings is 1. The van der Waals surface area contributed by atoms with Crippen LogP contribution in [0.2, 0.25) is 0 Å². The number of halogens is 1. The maximum absolute atomic E-state index is 12.5. The predicted octanol–water partition coefficient (Wildman–Crippen LogP) is 2.92. The number of hydrogen-bond acceptors (Lipinski definition) is 3. The van der Waals surface area contributed by atoms with E-state index in [9.17, 15) is 9.59 Å². The average molecular weight is 359 g/mol. The first-order valence-electron chi connectivity index (χ1n) is 6.80. The summed E-state index contributed by atoms with van der Waals surface area (Å²) in [4.78, 5) is 27.8. The molecular formula is C14H19BrN2O2S. The van der Waals surface area contributed by atoms with E-state index in [1.807, 2.05) is 25.3 Å². The van der Waals surface area contributed by atoms with Crippen LogP contribution in [0.3, 0.4) is 0 Å². The zero-order chi connectivity index (χ0) is 14.9. The molecule has 6 heteroatoms. The Morgan fingerprint density at radius 1 is 1.40 bits per heavy atom. The maximum Gasteiger partial charge on any atom is 0.246 e. The van der Waals surface area contributed by atoms with E-state index in [2.05, 4.69) is 21.2 Å². The van der Waals surface area contributed by atoms with Crippen LogP contribution < -0.4 is 5.32 Å². The highest BCUT2D eigenvalue weighted by Gasteiger charge is 2.49. The van der Waals surface area contributed by atoms with Crippen molar-refractivity contribution in [1.82, 2.24) is 10.2 Å². The standard InChI is InChI=1S/C14H19BrN2O2S/c1-4-14(5-2)13(19)16-9(3)12(18)17(14)7-11-6-10(15)8-20-11/h6,8-9H,4-5,7H2,1-3H3,(H,16,19). The SMILES string of the molecule is CCC1(CC)C(=O)NC(C)C(=O)N1Cc1cc(Br)cs1. The van der Waals surface area contributed by atoms with Crippen LogP contribution in [-0.2, 0) is 16.1 Å². The molecule has 0 aliphatic carbocycles. The van der Waals surface area contributed by atoms with Crippen molar-refractivity contribution < 1.29 is 9.59 Å². The molecular weight excluding hydrogens is 340 g/mol. The van der Waals surface area contributed by atoms with Crippen molar-refractivity contribution in [3.63, 3.8) is 0 Å². The van der Waals surface area contributed by atoms with Gasteiger partial charge in [-0.15, -0.1) is 11.3 Å². The Bertz CT molecular complexity index is 525. The summed E-state index contributed by atoms with van der Waals surface area (Å²) in [5, 5.41) is 4.80. The minimum atomic E-state index is -0.722. The van der Waals surface area contributed by atoms with Crippen molar-refractivity contribution in [1.29, 1.82) is 0 Å². The minimum Gasteiger partial charge on any atom is -0.343 e. The fraction of sp³-hybridized carbons (Fsp3) is 0.571. The van der Waals surface area contributed by atoms with Crippen LogP contribution >= 0.6 is 27.3 Å². The number of rotatable bonds is 4. The van der Waals surface area contributed by atoms with Gasteiger partial charge in [0.1, 0.15) is 11.6 Å². The molecule has 1 N–H and O–H groups in total. The third-order valence-electron chi connectivity index (χ3n) is 4.03. The van der Waals surface area contributed by atoms with E-state index in [4.69, 9.17) is 0 Å². The highest BCUT2D eigenvalue weighted by atomic mass is 79.9. The van der Waals surface area contributed by atoms with Crippen molar-refractivity contribution in [3.8, 4) is 0 Å². The Kier molecular flexibility index (Phi) is 4.54. The van der Waals surface area contributed by atoms with Crippen molar-refractivity contribution in [2.75, 3.05) is 0 Å². The molecule has 1 atom stereocenters. The number of amides is 2. The summed E-state index contributed by atoms with van der Waals surface area (Å²) in [7, 11) is 0. The van der Waals surface area contributed by atoms with Crippen molar-refractivity contribution in [3.05, 3.63) is 20.8 Å². The third-order valence-corrected chi connectivity index (χ3v) is 5.71. The van der Waals surface area contributed by atoms with Crippen molar-refractivity contribution in [2.45, 2.75) is 51.7 Å². The number of nitrogens with zero attached hydrogens (tertiary/aromatic N) is 1. The van der Waals surface area contributed by atoms with Gasteiger partial charge in [0, 0.05) is 14.7 Å². The first-order valence-corrected chi connectivity index (χ1v) is 8.47. The lowest BCUT2D eigenvalue weighted by molar-refractivity contribution is -0.158. The molecule has 4 nitrogen and oxygen atoms in total. The maximum atomic E-state index is 12.5. The van der Waals surface area contributed by atoms with Gasteiger partial charge in [-0.05, 0) is 41.8 Å². The van der Waals surface area contributed by atoms with Crippen molar-refractivity contribution >= 4 is 39.1 Å². The van der Waals surface area contributed by atoms with E-state index < -0.39 is 11.6 Å². The number of carbonyl (C=O) groups excluding carboxylic acids is 2. The first-order chi connectivity index (χ1) is 9.44. The van der Waals surface area contributed by atoms with Crippen LogP contribution in [0.5, 0.6) is 0 Å². The van der Waals surface area contributed by atoms with Gasteiger partial charge in [-0.1, -0.05) is 13.8 Å². The molecule has 1 aliphatic heterocycles. The molecule has 1 unspecified atom stereocenters. The summed E-state index contributed by atoms with van der Waals surface area (Å²) in [6.45, 7) is 6.16. The lowest BCUT2D eigenvalue weighted by Crippen LogP contribution is -2.69. The van der Waals surface area contributed by atoms with E-state index in [-0.39, 0.29) is 11.8 Å². The van der Waals surface area contributed by atoms with Crippen LogP contribution in [-0.4, -0.2) is 28.3 Å². The molecule has 0 saturated carbocycles. The Hall–Kier alpha value is -0.880. The minimum absolute atomic E-state index is 0.00202. The molecule has 0 radical (unpaired) electrons. The molecule has 1 saturated heterocycles. The van der Waals surface area contributed by atoms with Gasteiger partial charge in [-0.25, -0.2) is 0 Å². The van der Waals surface area contributed by atoms with Crippen LogP contribution in [0.25, 0.3) is 0 Å².